The lowest BCUT2D eigenvalue weighted by Gasteiger charge is -2.23. The number of nitrogens with one attached hydrogen (secondary N) is 2. The fourth-order valence-electron chi connectivity index (χ4n) is 2.89. The summed E-state index contributed by atoms with van der Waals surface area (Å²) in [6.45, 7) is 0.436. The zero-order valence-electron chi connectivity index (χ0n) is 13.5. The van der Waals surface area contributed by atoms with Crippen LogP contribution < -0.4 is 10.6 Å². The van der Waals surface area contributed by atoms with Crippen LogP contribution in [0.1, 0.15) is 48.2 Å². The van der Waals surface area contributed by atoms with Crippen LogP contribution in [-0.2, 0) is 6.54 Å². The molecule has 2 N–H and O–H groups in total. The molecule has 0 aliphatic heterocycles. The van der Waals surface area contributed by atoms with Gasteiger partial charge in [-0.2, -0.15) is 0 Å². The summed E-state index contributed by atoms with van der Waals surface area (Å²) >= 11 is 5.86. The number of nitrogens with zero attached hydrogens (tertiary/aromatic N) is 2. The fraction of sp³-hybridized carbons (Fsp3) is 0.389. The molecule has 6 heteroatoms. The van der Waals surface area contributed by atoms with E-state index in [2.05, 4.69) is 20.6 Å². The molecule has 1 saturated carbocycles. The minimum atomic E-state index is -0.209. The molecule has 1 aromatic heterocycles. The highest BCUT2D eigenvalue weighted by molar-refractivity contribution is 6.30. The van der Waals surface area contributed by atoms with Crippen LogP contribution in [-0.4, -0.2) is 21.9 Å². The fourth-order valence-corrected chi connectivity index (χ4v) is 3.02. The lowest BCUT2D eigenvalue weighted by Crippen LogP contribution is -2.25. The minimum absolute atomic E-state index is 0.209. The molecule has 0 bridgehead atoms. The first-order valence-electron chi connectivity index (χ1n) is 8.32. The van der Waals surface area contributed by atoms with Gasteiger partial charge in [0.1, 0.15) is 17.8 Å². The van der Waals surface area contributed by atoms with E-state index in [0.29, 0.717) is 29.1 Å². The van der Waals surface area contributed by atoms with Crippen molar-refractivity contribution < 1.29 is 4.79 Å². The molecule has 0 radical (unpaired) electrons. The van der Waals surface area contributed by atoms with Crippen LogP contribution >= 0.6 is 11.6 Å². The first-order valence-corrected chi connectivity index (χ1v) is 8.70. The van der Waals surface area contributed by atoms with Crippen molar-refractivity contribution in [2.75, 3.05) is 5.32 Å². The summed E-state index contributed by atoms with van der Waals surface area (Å²) in [5.74, 6) is 0.507. The van der Waals surface area contributed by atoms with Gasteiger partial charge < -0.3 is 10.6 Å². The molecule has 126 valence electrons. The second-order valence-corrected chi connectivity index (χ2v) is 6.51. The van der Waals surface area contributed by atoms with Crippen molar-refractivity contribution in [3.05, 3.63) is 52.9 Å². The lowest BCUT2D eigenvalue weighted by atomic mass is 9.95. The first kappa shape index (κ1) is 16.7. The number of anilines is 1. The quantitative estimate of drug-likeness (QED) is 0.865. The number of rotatable bonds is 5. The number of amides is 1. The summed E-state index contributed by atoms with van der Waals surface area (Å²) in [5, 5.41) is 6.96. The number of halogens is 1. The largest absolute Gasteiger partial charge is 0.367 e. The Morgan fingerprint density at radius 1 is 1.12 bits per heavy atom. The van der Waals surface area contributed by atoms with Crippen LogP contribution in [0.2, 0.25) is 5.02 Å². The van der Waals surface area contributed by atoms with E-state index in [1.165, 1.54) is 25.6 Å². The summed E-state index contributed by atoms with van der Waals surface area (Å²) in [4.78, 5) is 20.6. The van der Waals surface area contributed by atoms with Gasteiger partial charge in [-0.25, -0.2) is 9.97 Å². The molecule has 1 aromatic carbocycles. The topological polar surface area (TPSA) is 66.9 Å². The molecule has 3 rings (SSSR count). The van der Waals surface area contributed by atoms with Gasteiger partial charge in [0.15, 0.2) is 0 Å². The van der Waals surface area contributed by atoms with Gasteiger partial charge in [-0.05, 0) is 30.5 Å². The molecule has 5 nitrogen and oxygen atoms in total. The van der Waals surface area contributed by atoms with E-state index in [1.54, 1.807) is 18.2 Å². The standard InChI is InChI=1S/C18H21ClN4O/c19-14-8-6-13(7-9-14)11-20-18(24)16-10-17(22-12-21-16)23-15-4-2-1-3-5-15/h6-10,12,15H,1-5,11H2,(H,20,24)(H,21,22,23). The number of benzene rings is 1. The smallest absolute Gasteiger partial charge is 0.270 e. The van der Waals surface area contributed by atoms with Crippen molar-refractivity contribution in [3.63, 3.8) is 0 Å². The van der Waals surface area contributed by atoms with Gasteiger partial charge in [0.05, 0.1) is 0 Å². The maximum atomic E-state index is 12.3. The first-order chi connectivity index (χ1) is 11.7. The Morgan fingerprint density at radius 3 is 2.62 bits per heavy atom. The Labute approximate surface area is 146 Å². The zero-order valence-corrected chi connectivity index (χ0v) is 14.2. The Kier molecular flexibility index (Phi) is 5.64. The van der Waals surface area contributed by atoms with Crippen LogP contribution in [0.4, 0.5) is 5.82 Å². The number of hydrogen-bond acceptors (Lipinski definition) is 4. The molecule has 0 saturated heterocycles. The molecular weight excluding hydrogens is 324 g/mol. The van der Waals surface area contributed by atoms with Crippen LogP contribution in [0.5, 0.6) is 0 Å². The van der Waals surface area contributed by atoms with Crippen molar-refractivity contribution in [2.45, 2.75) is 44.7 Å². The molecular formula is C18H21ClN4O. The van der Waals surface area contributed by atoms with Crippen molar-refractivity contribution in [1.29, 1.82) is 0 Å². The summed E-state index contributed by atoms with van der Waals surface area (Å²) in [6.07, 6.45) is 7.54. The van der Waals surface area contributed by atoms with E-state index >= 15 is 0 Å². The molecule has 1 aliphatic rings. The van der Waals surface area contributed by atoms with E-state index in [4.69, 9.17) is 11.6 Å². The van der Waals surface area contributed by atoms with Crippen LogP contribution in [0.15, 0.2) is 36.7 Å². The van der Waals surface area contributed by atoms with E-state index in [0.717, 1.165) is 18.4 Å². The van der Waals surface area contributed by atoms with Gasteiger partial charge in [0.2, 0.25) is 0 Å². The highest BCUT2D eigenvalue weighted by atomic mass is 35.5. The molecule has 24 heavy (non-hydrogen) atoms. The molecule has 0 spiro atoms. The third-order valence-corrected chi connectivity index (χ3v) is 4.48. The van der Waals surface area contributed by atoms with Crippen LogP contribution in [0.25, 0.3) is 0 Å². The Balaban J connectivity index is 1.58. The maximum Gasteiger partial charge on any atom is 0.270 e. The summed E-state index contributed by atoms with van der Waals surface area (Å²) in [7, 11) is 0. The maximum absolute atomic E-state index is 12.3. The molecule has 0 unspecified atom stereocenters. The van der Waals surface area contributed by atoms with E-state index < -0.39 is 0 Å². The van der Waals surface area contributed by atoms with E-state index in [-0.39, 0.29) is 5.91 Å². The van der Waals surface area contributed by atoms with Gasteiger partial charge in [0, 0.05) is 23.7 Å². The van der Waals surface area contributed by atoms with E-state index in [9.17, 15) is 4.79 Å². The van der Waals surface area contributed by atoms with Gasteiger partial charge >= 0.3 is 0 Å². The Hall–Kier alpha value is -2.14. The molecule has 2 aromatic rings. The molecule has 1 amide bonds. The highest BCUT2D eigenvalue weighted by Gasteiger charge is 2.15. The van der Waals surface area contributed by atoms with Crippen molar-refractivity contribution in [3.8, 4) is 0 Å². The molecule has 1 heterocycles. The third-order valence-electron chi connectivity index (χ3n) is 4.22. The lowest BCUT2D eigenvalue weighted by molar-refractivity contribution is 0.0946. The predicted octanol–water partition coefficient (Wildman–Crippen LogP) is 3.80. The SMILES string of the molecule is O=C(NCc1ccc(Cl)cc1)c1cc(NC2CCCCC2)ncn1. The zero-order chi connectivity index (χ0) is 16.8. The van der Waals surface area contributed by atoms with Crippen molar-refractivity contribution in [2.24, 2.45) is 0 Å². The second-order valence-electron chi connectivity index (χ2n) is 6.08. The summed E-state index contributed by atoms with van der Waals surface area (Å²) < 4.78 is 0. The average Bonchev–Trinajstić information content (AvgIpc) is 2.62. The van der Waals surface area contributed by atoms with E-state index in [1.807, 2.05) is 12.1 Å². The number of hydrogen-bond donors (Lipinski definition) is 2. The normalized spacial score (nSPS) is 15.0. The minimum Gasteiger partial charge on any atom is -0.367 e. The van der Waals surface area contributed by atoms with Crippen molar-refractivity contribution >= 4 is 23.3 Å². The average molecular weight is 345 g/mol. The number of aromatic nitrogens is 2. The Bertz CT molecular complexity index is 684. The van der Waals surface area contributed by atoms with Crippen LogP contribution in [0, 0.1) is 0 Å². The van der Waals surface area contributed by atoms with Crippen molar-refractivity contribution in [1.82, 2.24) is 15.3 Å². The monoisotopic (exact) mass is 344 g/mol. The third kappa shape index (κ3) is 4.68. The highest BCUT2D eigenvalue weighted by Crippen LogP contribution is 2.20. The molecule has 1 fully saturated rings. The van der Waals surface area contributed by atoms with Gasteiger partial charge in [-0.15, -0.1) is 0 Å². The predicted molar refractivity (Wildman–Crippen MR) is 95.1 cm³/mol. The molecule has 1 aliphatic carbocycles. The van der Waals surface area contributed by atoms with Gasteiger partial charge in [-0.1, -0.05) is 43.0 Å². The number of carbonyl (C=O) groups excluding carboxylic acids is 1. The summed E-state index contributed by atoms with van der Waals surface area (Å²) in [5.41, 5.74) is 1.36. The van der Waals surface area contributed by atoms with Gasteiger partial charge in [-0.3, -0.25) is 4.79 Å². The Morgan fingerprint density at radius 2 is 1.88 bits per heavy atom. The summed E-state index contributed by atoms with van der Waals surface area (Å²) in [6, 6.07) is 9.54. The molecule has 0 atom stereocenters. The number of carbonyl (C=O) groups is 1. The van der Waals surface area contributed by atoms with Crippen LogP contribution in [0.3, 0.4) is 0 Å². The van der Waals surface area contributed by atoms with Gasteiger partial charge in [0.25, 0.3) is 5.91 Å². The second kappa shape index (κ2) is 8.11.